The number of carbonyl (C=O) groups is 1. The molecule has 3 aromatic heterocycles. The highest BCUT2D eigenvalue weighted by Crippen LogP contribution is 2.34. The number of hydrogen-bond acceptors (Lipinski definition) is 6. The fraction of sp³-hybridized carbons (Fsp3) is 0.478. The lowest BCUT2D eigenvalue weighted by Gasteiger charge is -2.27. The summed E-state index contributed by atoms with van der Waals surface area (Å²) in [6.45, 7) is 4.20. The lowest BCUT2D eigenvalue weighted by atomic mass is 9.84. The molecule has 0 radical (unpaired) electrons. The number of pyridine rings is 1. The van der Waals surface area contributed by atoms with Crippen LogP contribution in [0.5, 0.6) is 0 Å². The molecule has 1 fully saturated rings. The number of nitrogens with one attached hydrogen (secondary N) is 1. The van der Waals surface area contributed by atoms with Gasteiger partial charge >= 0.3 is 0 Å². The van der Waals surface area contributed by atoms with Crippen molar-refractivity contribution in [2.24, 2.45) is 5.92 Å². The highest BCUT2D eigenvalue weighted by Gasteiger charge is 2.28. The van der Waals surface area contributed by atoms with E-state index in [1.165, 1.54) is 40.8 Å². The van der Waals surface area contributed by atoms with Gasteiger partial charge in [0.1, 0.15) is 27.9 Å². The third-order valence-electron chi connectivity index (χ3n) is 5.73. The number of carbonyl (C=O) groups excluding carboxylic acids is 1. The van der Waals surface area contributed by atoms with Crippen molar-refractivity contribution in [2.45, 2.75) is 68.6 Å². The topological polar surface area (TPSA) is 76.9 Å². The molecule has 1 N–H and O–H groups in total. The van der Waals surface area contributed by atoms with E-state index < -0.39 is 11.9 Å². The standard InChI is InChI=1S/C23H27FN4O2S2/c1-14(2)32-18-12-31-21-20(18)26-13-28(23(21)30)17(10-15-6-4-3-5-7-15)22(29)27-19-9-8-16(24)11-25-19/h8-9,11-15,17H,3-7,10H2,1-2H3,(H,25,27,29). The first-order valence-corrected chi connectivity index (χ1v) is 12.8. The fourth-order valence-corrected chi connectivity index (χ4v) is 6.23. The van der Waals surface area contributed by atoms with Crippen LogP contribution in [0, 0.1) is 11.7 Å². The molecule has 1 aliphatic carbocycles. The zero-order valence-corrected chi connectivity index (χ0v) is 19.8. The molecule has 1 aliphatic rings. The molecule has 170 valence electrons. The van der Waals surface area contributed by atoms with E-state index in [0.29, 0.717) is 27.8 Å². The van der Waals surface area contributed by atoms with Gasteiger partial charge in [-0.05, 0) is 24.5 Å². The zero-order chi connectivity index (χ0) is 22.7. The van der Waals surface area contributed by atoms with Gasteiger partial charge in [-0.1, -0.05) is 46.0 Å². The number of aromatic nitrogens is 3. The van der Waals surface area contributed by atoms with Crippen molar-refractivity contribution in [3.8, 4) is 0 Å². The Balaban J connectivity index is 1.67. The summed E-state index contributed by atoms with van der Waals surface area (Å²) in [6.07, 6.45) is 8.74. The molecule has 9 heteroatoms. The van der Waals surface area contributed by atoms with E-state index in [4.69, 9.17) is 0 Å². The van der Waals surface area contributed by atoms with Crippen LogP contribution < -0.4 is 10.9 Å². The predicted octanol–water partition coefficient (Wildman–Crippen LogP) is 5.64. The van der Waals surface area contributed by atoms with Crippen LogP contribution in [-0.2, 0) is 4.79 Å². The SMILES string of the molecule is CC(C)Sc1csc2c(=O)n(C(CC3CCCCC3)C(=O)Nc3ccc(F)cn3)cnc12. The van der Waals surface area contributed by atoms with Gasteiger partial charge in [0.05, 0.1) is 12.5 Å². The Morgan fingerprint density at radius 1 is 1.28 bits per heavy atom. The average molecular weight is 475 g/mol. The van der Waals surface area contributed by atoms with E-state index >= 15 is 0 Å². The van der Waals surface area contributed by atoms with E-state index in [0.717, 1.165) is 36.8 Å². The van der Waals surface area contributed by atoms with Crippen molar-refractivity contribution in [3.63, 3.8) is 0 Å². The number of thiophene rings is 1. The number of anilines is 1. The molecule has 1 unspecified atom stereocenters. The van der Waals surface area contributed by atoms with E-state index in [1.807, 2.05) is 5.38 Å². The Kier molecular flexibility index (Phi) is 7.25. The molecule has 0 spiro atoms. The van der Waals surface area contributed by atoms with Gasteiger partial charge in [-0.3, -0.25) is 14.2 Å². The van der Waals surface area contributed by atoms with Crippen molar-refractivity contribution >= 4 is 45.0 Å². The highest BCUT2D eigenvalue weighted by atomic mass is 32.2. The molecule has 1 saturated carbocycles. The van der Waals surface area contributed by atoms with E-state index in [2.05, 4.69) is 29.1 Å². The normalized spacial score (nSPS) is 15.9. The number of thioether (sulfide) groups is 1. The minimum Gasteiger partial charge on any atom is -0.309 e. The van der Waals surface area contributed by atoms with E-state index in [1.54, 1.807) is 11.8 Å². The van der Waals surface area contributed by atoms with Gasteiger partial charge in [-0.2, -0.15) is 0 Å². The van der Waals surface area contributed by atoms with Crippen molar-refractivity contribution in [1.29, 1.82) is 0 Å². The molecule has 3 aromatic rings. The summed E-state index contributed by atoms with van der Waals surface area (Å²) in [5, 5.41) is 5.10. The smallest absolute Gasteiger partial charge is 0.272 e. The van der Waals surface area contributed by atoms with Crippen LogP contribution in [0.3, 0.4) is 0 Å². The Morgan fingerprint density at radius 3 is 2.75 bits per heavy atom. The summed E-state index contributed by atoms with van der Waals surface area (Å²) in [5.74, 6) is -0.163. The molecule has 1 amide bonds. The van der Waals surface area contributed by atoms with Gasteiger partial charge in [-0.25, -0.2) is 14.4 Å². The minimum atomic E-state index is -0.697. The first-order valence-electron chi connectivity index (χ1n) is 11.0. The molecule has 4 rings (SSSR count). The molecule has 0 aliphatic heterocycles. The lowest BCUT2D eigenvalue weighted by Crippen LogP contribution is -2.35. The molecule has 0 bridgehead atoms. The number of hydrogen-bond donors (Lipinski definition) is 1. The first-order chi connectivity index (χ1) is 15.4. The molecular weight excluding hydrogens is 447 g/mol. The average Bonchev–Trinajstić information content (AvgIpc) is 3.18. The maximum atomic E-state index is 13.4. The van der Waals surface area contributed by atoms with Gasteiger partial charge in [0.15, 0.2) is 0 Å². The summed E-state index contributed by atoms with van der Waals surface area (Å²) in [6, 6.07) is 1.97. The Hall–Kier alpha value is -2.26. The lowest BCUT2D eigenvalue weighted by molar-refractivity contribution is -0.120. The maximum Gasteiger partial charge on any atom is 0.272 e. The molecule has 0 aromatic carbocycles. The van der Waals surface area contributed by atoms with Gasteiger partial charge in [-0.15, -0.1) is 23.1 Å². The van der Waals surface area contributed by atoms with Gasteiger partial charge < -0.3 is 5.32 Å². The third kappa shape index (κ3) is 5.20. The monoisotopic (exact) mass is 474 g/mol. The van der Waals surface area contributed by atoms with Gasteiger partial charge in [0.2, 0.25) is 5.91 Å². The first kappa shape index (κ1) is 22.9. The second kappa shape index (κ2) is 10.1. The van der Waals surface area contributed by atoms with Crippen molar-refractivity contribution in [2.75, 3.05) is 5.32 Å². The van der Waals surface area contributed by atoms with Crippen LogP contribution in [0.1, 0.15) is 58.4 Å². The second-order valence-electron chi connectivity index (χ2n) is 8.51. The number of rotatable bonds is 7. The minimum absolute atomic E-state index is 0.196. The number of nitrogens with zero attached hydrogens (tertiary/aromatic N) is 3. The number of amides is 1. The molecular formula is C23H27FN4O2S2. The maximum absolute atomic E-state index is 13.4. The molecule has 3 heterocycles. The number of halogens is 1. The van der Waals surface area contributed by atoms with Gasteiger partial charge in [0.25, 0.3) is 5.56 Å². The summed E-state index contributed by atoms with van der Waals surface area (Å²) >= 11 is 3.05. The summed E-state index contributed by atoms with van der Waals surface area (Å²) in [4.78, 5) is 36.2. The summed E-state index contributed by atoms with van der Waals surface area (Å²) in [5.41, 5.74) is 0.505. The summed E-state index contributed by atoms with van der Waals surface area (Å²) < 4.78 is 15.2. The van der Waals surface area contributed by atoms with Crippen LogP contribution in [0.4, 0.5) is 10.2 Å². The molecule has 0 saturated heterocycles. The van der Waals surface area contributed by atoms with Gasteiger partial charge in [0, 0.05) is 15.5 Å². The predicted molar refractivity (Wildman–Crippen MR) is 128 cm³/mol. The van der Waals surface area contributed by atoms with Crippen molar-refractivity contribution in [3.05, 3.63) is 46.2 Å². The molecule has 1 atom stereocenters. The second-order valence-corrected chi connectivity index (χ2v) is 11.0. The van der Waals surface area contributed by atoms with Crippen LogP contribution in [0.15, 0.2) is 39.7 Å². The van der Waals surface area contributed by atoms with Crippen LogP contribution in [0.2, 0.25) is 0 Å². The van der Waals surface area contributed by atoms with Crippen molar-refractivity contribution < 1.29 is 9.18 Å². The van der Waals surface area contributed by atoms with Crippen LogP contribution >= 0.6 is 23.1 Å². The van der Waals surface area contributed by atoms with Crippen LogP contribution in [0.25, 0.3) is 10.2 Å². The largest absolute Gasteiger partial charge is 0.309 e. The Bertz CT molecular complexity index is 1140. The fourth-order valence-electron chi connectivity index (χ4n) is 4.20. The third-order valence-corrected chi connectivity index (χ3v) is 7.88. The Labute approximate surface area is 194 Å². The number of fused-ring (bicyclic) bond motifs is 1. The van der Waals surface area contributed by atoms with Crippen LogP contribution in [-0.4, -0.2) is 25.7 Å². The van der Waals surface area contributed by atoms with Crippen molar-refractivity contribution in [1.82, 2.24) is 14.5 Å². The van der Waals surface area contributed by atoms with E-state index in [-0.39, 0.29) is 17.3 Å². The molecule has 32 heavy (non-hydrogen) atoms. The highest BCUT2D eigenvalue weighted by molar-refractivity contribution is 8.00. The zero-order valence-electron chi connectivity index (χ0n) is 18.2. The Morgan fingerprint density at radius 2 is 2.06 bits per heavy atom. The quantitative estimate of drug-likeness (QED) is 0.448. The molecule has 6 nitrogen and oxygen atoms in total. The summed E-state index contributed by atoms with van der Waals surface area (Å²) in [7, 11) is 0. The van der Waals surface area contributed by atoms with E-state index in [9.17, 15) is 14.0 Å².